The molecule has 94 valence electrons. The topological polar surface area (TPSA) is 38.0 Å². The third-order valence-corrected chi connectivity index (χ3v) is 4.68. The van der Waals surface area contributed by atoms with Crippen LogP contribution in [0.15, 0.2) is 35.7 Å². The van der Waals surface area contributed by atoms with Gasteiger partial charge in [0.15, 0.2) is 0 Å². The molecule has 1 aliphatic rings. The SMILES string of the molecule is NNC(Cc1ccc2c(c1)CCC2)c1cccs1. The average molecular weight is 258 g/mol. The Kier molecular flexibility index (Phi) is 3.46. The first-order chi connectivity index (χ1) is 8.86. The summed E-state index contributed by atoms with van der Waals surface area (Å²) in [7, 11) is 0. The number of hydrogen-bond acceptors (Lipinski definition) is 3. The summed E-state index contributed by atoms with van der Waals surface area (Å²) in [6.07, 6.45) is 4.76. The lowest BCUT2D eigenvalue weighted by molar-refractivity contribution is 0.560. The third-order valence-electron chi connectivity index (χ3n) is 3.69. The number of hydrogen-bond donors (Lipinski definition) is 2. The van der Waals surface area contributed by atoms with Gasteiger partial charge in [0.05, 0.1) is 6.04 Å². The van der Waals surface area contributed by atoms with Crippen LogP contribution in [0.25, 0.3) is 0 Å². The largest absolute Gasteiger partial charge is 0.271 e. The fraction of sp³-hybridized carbons (Fsp3) is 0.333. The van der Waals surface area contributed by atoms with E-state index in [0.717, 1.165) is 6.42 Å². The van der Waals surface area contributed by atoms with Crippen molar-refractivity contribution in [1.82, 2.24) is 5.43 Å². The molecule has 1 atom stereocenters. The van der Waals surface area contributed by atoms with Gasteiger partial charge < -0.3 is 0 Å². The van der Waals surface area contributed by atoms with Crippen molar-refractivity contribution in [3.8, 4) is 0 Å². The minimum absolute atomic E-state index is 0.226. The summed E-state index contributed by atoms with van der Waals surface area (Å²) in [5, 5.41) is 2.10. The molecule has 0 spiro atoms. The fourth-order valence-corrected chi connectivity index (χ4v) is 3.51. The lowest BCUT2D eigenvalue weighted by Gasteiger charge is -2.15. The molecule has 0 bridgehead atoms. The van der Waals surface area contributed by atoms with Gasteiger partial charge in [0, 0.05) is 4.88 Å². The number of hydrazine groups is 1. The highest BCUT2D eigenvalue weighted by Crippen LogP contribution is 2.26. The normalized spacial score (nSPS) is 15.6. The standard InChI is InChI=1S/C15H18N2S/c16-17-14(15-5-2-8-18-15)10-11-6-7-12-3-1-4-13(12)9-11/h2,5-9,14,17H,1,3-4,10,16H2. The van der Waals surface area contributed by atoms with E-state index in [4.69, 9.17) is 5.84 Å². The van der Waals surface area contributed by atoms with Crippen molar-refractivity contribution in [2.24, 2.45) is 5.84 Å². The van der Waals surface area contributed by atoms with Crippen molar-refractivity contribution < 1.29 is 0 Å². The lowest BCUT2D eigenvalue weighted by atomic mass is 10.0. The minimum atomic E-state index is 0.226. The Morgan fingerprint density at radius 1 is 1.22 bits per heavy atom. The van der Waals surface area contributed by atoms with Crippen LogP contribution in [0.1, 0.15) is 34.0 Å². The van der Waals surface area contributed by atoms with Crippen molar-refractivity contribution in [3.63, 3.8) is 0 Å². The minimum Gasteiger partial charge on any atom is -0.271 e. The first-order valence-electron chi connectivity index (χ1n) is 6.47. The number of fused-ring (bicyclic) bond motifs is 1. The Balaban J connectivity index is 1.79. The number of benzene rings is 1. The van der Waals surface area contributed by atoms with Gasteiger partial charge in [-0.05, 0) is 53.8 Å². The summed E-state index contributed by atoms with van der Waals surface area (Å²) in [6.45, 7) is 0. The molecule has 3 N–H and O–H groups in total. The van der Waals surface area contributed by atoms with Gasteiger partial charge in [0.2, 0.25) is 0 Å². The van der Waals surface area contributed by atoms with Crippen LogP contribution in [0.4, 0.5) is 0 Å². The lowest BCUT2D eigenvalue weighted by Crippen LogP contribution is -2.28. The molecule has 18 heavy (non-hydrogen) atoms. The second kappa shape index (κ2) is 5.22. The highest BCUT2D eigenvalue weighted by molar-refractivity contribution is 7.10. The molecule has 1 unspecified atom stereocenters. The van der Waals surface area contributed by atoms with E-state index in [0.29, 0.717) is 0 Å². The van der Waals surface area contributed by atoms with Crippen molar-refractivity contribution in [2.45, 2.75) is 31.7 Å². The molecule has 0 saturated heterocycles. The van der Waals surface area contributed by atoms with Gasteiger partial charge in [0.25, 0.3) is 0 Å². The predicted molar refractivity (Wildman–Crippen MR) is 76.6 cm³/mol. The molecule has 0 saturated carbocycles. The first-order valence-corrected chi connectivity index (χ1v) is 7.35. The van der Waals surface area contributed by atoms with Gasteiger partial charge in [0.1, 0.15) is 0 Å². The molecular formula is C15H18N2S. The molecule has 1 aliphatic carbocycles. The molecule has 1 heterocycles. The van der Waals surface area contributed by atoms with E-state index in [-0.39, 0.29) is 6.04 Å². The summed E-state index contributed by atoms with van der Waals surface area (Å²) in [5.41, 5.74) is 7.38. The van der Waals surface area contributed by atoms with E-state index < -0.39 is 0 Å². The quantitative estimate of drug-likeness (QED) is 0.653. The number of rotatable bonds is 4. The van der Waals surface area contributed by atoms with Crippen molar-refractivity contribution in [2.75, 3.05) is 0 Å². The third kappa shape index (κ3) is 2.34. The number of nitrogens with two attached hydrogens (primary N) is 1. The van der Waals surface area contributed by atoms with Crippen LogP contribution < -0.4 is 11.3 Å². The zero-order valence-electron chi connectivity index (χ0n) is 10.4. The second-order valence-corrected chi connectivity index (χ2v) is 5.87. The van der Waals surface area contributed by atoms with Gasteiger partial charge in [-0.2, -0.15) is 0 Å². The average Bonchev–Trinajstić information content (AvgIpc) is 3.06. The Hall–Kier alpha value is -1.16. The van der Waals surface area contributed by atoms with Gasteiger partial charge in [-0.15, -0.1) is 11.3 Å². The first kappa shape index (κ1) is 11.9. The molecule has 0 fully saturated rings. The summed E-state index contributed by atoms with van der Waals surface area (Å²) in [5.74, 6) is 5.68. The van der Waals surface area contributed by atoms with E-state index in [1.165, 1.54) is 40.8 Å². The molecule has 0 amide bonds. The van der Waals surface area contributed by atoms with Gasteiger partial charge in [-0.3, -0.25) is 11.3 Å². The molecule has 0 radical (unpaired) electrons. The maximum atomic E-state index is 5.68. The maximum Gasteiger partial charge on any atom is 0.0593 e. The molecule has 0 aliphatic heterocycles. The molecule has 1 aromatic carbocycles. The number of aryl methyl sites for hydroxylation is 2. The summed E-state index contributed by atoms with van der Waals surface area (Å²) in [4.78, 5) is 1.30. The molecule has 3 heteroatoms. The van der Waals surface area contributed by atoms with Crippen LogP contribution in [0.5, 0.6) is 0 Å². The number of thiophene rings is 1. The van der Waals surface area contributed by atoms with Crippen LogP contribution in [-0.4, -0.2) is 0 Å². The molecule has 3 rings (SSSR count). The molecule has 1 aromatic heterocycles. The summed E-state index contributed by atoms with van der Waals surface area (Å²) in [6, 6.07) is 11.3. The zero-order valence-corrected chi connectivity index (χ0v) is 11.2. The highest BCUT2D eigenvalue weighted by Gasteiger charge is 2.14. The van der Waals surface area contributed by atoms with E-state index >= 15 is 0 Å². The fourth-order valence-electron chi connectivity index (χ4n) is 2.72. The maximum absolute atomic E-state index is 5.68. The highest BCUT2D eigenvalue weighted by atomic mass is 32.1. The van der Waals surface area contributed by atoms with Crippen molar-refractivity contribution >= 4 is 11.3 Å². The Morgan fingerprint density at radius 2 is 2.11 bits per heavy atom. The van der Waals surface area contributed by atoms with E-state index in [1.54, 1.807) is 11.3 Å². The van der Waals surface area contributed by atoms with E-state index in [2.05, 4.69) is 41.1 Å². The second-order valence-electron chi connectivity index (χ2n) is 4.90. The van der Waals surface area contributed by atoms with Crippen LogP contribution in [0.3, 0.4) is 0 Å². The van der Waals surface area contributed by atoms with Gasteiger partial charge in [-0.1, -0.05) is 24.3 Å². The Morgan fingerprint density at radius 3 is 2.89 bits per heavy atom. The smallest absolute Gasteiger partial charge is 0.0593 e. The summed E-state index contributed by atoms with van der Waals surface area (Å²) < 4.78 is 0. The molecule has 2 aromatic rings. The Bertz CT molecular complexity index is 519. The van der Waals surface area contributed by atoms with Crippen LogP contribution >= 0.6 is 11.3 Å². The van der Waals surface area contributed by atoms with E-state index in [1.807, 2.05) is 0 Å². The number of nitrogens with one attached hydrogen (secondary N) is 1. The molecule has 2 nitrogen and oxygen atoms in total. The van der Waals surface area contributed by atoms with E-state index in [9.17, 15) is 0 Å². The van der Waals surface area contributed by atoms with Crippen LogP contribution in [-0.2, 0) is 19.3 Å². The summed E-state index contributed by atoms with van der Waals surface area (Å²) >= 11 is 1.76. The monoisotopic (exact) mass is 258 g/mol. The van der Waals surface area contributed by atoms with Crippen molar-refractivity contribution in [1.29, 1.82) is 0 Å². The van der Waals surface area contributed by atoms with Gasteiger partial charge in [-0.25, -0.2) is 0 Å². The predicted octanol–water partition coefficient (Wildman–Crippen LogP) is 2.98. The van der Waals surface area contributed by atoms with Crippen molar-refractivity contribution in [3.05, 3.63) is 57.3 Å². The zero-order chi connectivity index (χ0) is 12.4. The van der Waals surface area contributed by atoms with Crippen LogP contribution in [0.2, 0.25) is 0 Å². The Labute approximate surface area is 112 Å². The van der Waals surface area contributed by atoms with Crippen LogP contribution in [0, 0.1) is 0 Å². The molecular weight excluding hydrogens is 240 g/mol. The van der Waals surface area contributed by atoms with Gasteiger partial charge >= 0.3 is 0 Å².